The zero-order chi connectivity index (χ0) is 12.4. The van der Waals surface area contributed by atoms with E-state index in [0.29, 0.717) is 10.6 Å². The number of carboxylic acids is 1. The summed E-state index contributed by atoms with van der Waals surface area (Å²) in [5.74, 6) is -1.31. The van der Waals surface area contributed by atoms with E-state index in [0.717, 1.165) is 12.8 Å². The number of carboxylic acid groups (broad SMARTS) is 1. The highest BCUT2D eigenvalue weighted by Gasteiger charge is 2.34. The Kier molecular flexibility index (Phi) is 3.33. The van der Waals surface area contributed by atoms with Crippen LogP contribution in [0, 0.1) is 0 Å². The molecule has 1 saturated carbocycles. The number of carbonyl (C=O) groups excluding carboxylic acids is 1. The summed E-state index contributed by atoms with van der Waals surface area (Å²) >= 11 is 5.93. The SMILES string of the molecule is O=C(O)CN(C(=O)c1ccccc1Cl)C1CC1. The smallest absolute Gasteiger partial charge is 0.323 e. The topological polar surface area (TPSA) is 57.6 Å². The molecule has 5 heteroatoms. The normalized spacial score (nSPS) is 14.4. The predicted octanol–water partition coefficient (Wildman–Crippen LogP) is 2.03. The number of nitrogens with zero attached hydrogens (tertiary/aromatic N) is 1. The van der Waals surface area contributed by atoms with Gasteiger partial charge in [0.15, 0.2) is 0 Å². The maximum Gasteiger partial charge on any atom is 0.323 e. The minimum atomic E-state index is -1.00. The van der Waals surface area contributed by atoms with Crippen molar-refractivity contribution in [3.63, 3.8) is 0 Å². The van der Waals surface area contributed by atoms with Crippen LogP contribution in [0.15, 0.2) is 24.3 Å². The molecule has 0 heterocycles. The van der Waals surface area contributed by atoms with E-state index in [1.165, 1.54) is 4.90 Å². The van der Waals surface area contributed by atoms with Gasteiger partial charge in [-0.1, -0.05) is 23.7 Å². The van der Waals surface area contributed by atoms with E-state index in [-0.39, 0.29) is 18.5 Å². The lowest BCUT2D eigenvalue weighted by atomic mass is 10.2. The summed E-state index contributed by atoms with van der Waals surface area (Å²) < 4.78 is 0. The van der Waals surface area contributed by atoms with E-state index in [9.17, 15) is 9.59 Å². The lowest BCUT2D eigenvalue weighted by Gasteiger charge is -2.20. The zero-order valence-electron chi connectivity index (χ0n) is 9.10. The van der Waals surface area contributed by atoms with Crippen LogP contribution in [0.2, 0.25) is 5.02 Å². The number of carbonyl (C=O) groups is 2. The minimum Gasteiger partial charge on any atom is -0.480 e. The number of hydrogen-bond acceptors (Lipinski definition) is 2. The third-order valence-electron chi connectivity index (χ3n) is 2.66. The largest absolute Gasteiger partial charge is 0.480 e. The Morgan fingerprint density at radius 3 is 2.53 bits per heavy atom. The summed E-state index contributed by atoms with van der Waals surface area (Å²) in [4.78, 5) is 24.3. The lowest BCUT2D eigenvalue weighted by Crippen LogP contribution is -2.37. The summed E-state index contributed by atoms with van der Waals surface area (Å²) in [6, 6.07) is 6.74. The maximum absolute atomic E-state index is 12.2. The molecule has 0 atom stereocenters. The number of halogens is 1. The van der Waals surface area contributed by atoms with Gasteiger partial charge in [0, 0.05) is 6.04 Å². The number of amides is 1. The van der Waals surface area contributed by atoms with Crippen molar-refractivity contribution in [3.8, 4) is 0 Å². The molecule has 90 valence electrons. The van der Waals surface area contributed by atoms with Gasteiger partial charge in [-0.15, -0.1) is 0 Å². The lowest BCUT2D eigenvalue weighted by molar-refractivity contribution is -0.137. The van der Waals surface area contributed by atoms with Crippen molar-refractivity contribution in [1.29, 1.82) is 0 Å². The van der Waals surface area contributed by atoms with E-state index in [2.05, 4.69) is 0 Å². The Bertz CT molecular complexity index is 457. The van der Waals surface area contributed by atoms with Crippen LogP contribution in [-0.2, 0) is 4.79 Å². The highest BCUT2D eigenvalue weighted by Crippen LogP contribution is 2.29. The molecule has 1 amide bonds. The summed E-state index contributed by atoms with van der Waals surface area (Å²) in [5, 5.41) is 9.15. The van der Waals surface area contributed by atoms with Crippen LogP contribution in [0.1, 0.15) is 23.2 Å². The second-order valence-corrected chi connectivity index (χ2v) is 4.45. The Morgan fingerprint density at radius 2 is 2.00 bits per heavy atom. The first-order valence-corrected chi connectivity index (χ1v) is 5.74. The Balaban J connectivity index is 2.22. The second-order valence-electron chi connectivity index (χ2n) is 4.04. The molecule has 4 nitrogen and oxygen atoms in total. The van der Waals surface area contributed by atoms with E-state index in [1.54, 1.807) is 24.3 Å². The fourth-order valence-corrected chi connectivity index (χ4v) is 1.90. The summed E-state index contributed by atoms with van der Waals surface area (Å²) in [7, 11) is 0. The molecule has 1 aromatic carbocycles. The predicted molar refractivity (Wildman–Crippen MR) is 63.1 cm³/mol. The average Bonchev–Trinajstić information content (AvgIpc) is 3.09. The fourth-order valence-electron chi connectivity index (χ4n) is 1.69. The molecule has 0 saturated heterocycles. The van der Waals surface area contributed by atoms with Crippen LogP contribution in [-0.4, -0.2) is 34.5 Å². The Hall–Kier alpha value is -1.55. The molecule has 0 spiro atoms. The van der Waals surface area contributed by atoms with Crippen LogP contribution in [0.5, 0.6) is 0 Å². The Morgan fingerprint density at radius 1 is 1.35 bits per heavy atom. The van der Waals surface area contributed by atoms with Crippen LogP contribution < -0.4 is 0 Å². The van der Waals surface area contributed by atoms with Gasteiger partial charge < -0.3 is 10.0 Å². The Labute approximate surface area is 104 Å². The van der Waals surface area contributed by atoms with Gasteiger partial charge in [0.2, 0.25) is 0 Å². The van der Waals surface area contributed by atoms with Crippen molar-refractivity contribution in [1.82, 2.24) is 4.90 Å². The molecule has 2 rings (SSSR count). The summed E-state index contributed by atoms with van der Waals surface area (Å²) in [6.07, 6.45) is 1.73. The first-order chi connectivity index (χ1) is 8.09. The molecule has 17 heavy (non-hydrogen) atoms. The molecule has 0 bridgehead atoms. The molecule has 0 aromatic heterocycles. The maximum atomic E-state index is 12.2. The molecule has 0 radical (unpaired) electrons. The van der Waals surface area contributed by atoms with Crippen LogP contribution in [0.4, 0.5) is 0 Å². The van der Waals surface area contributed by atoms with E-state index >= 15 is 0 Å². The summed E-state index contributed by atoms with van der Waals surface area (Å²) in [6.45, 7) is -0.269. The summed E-state index contributed by atoms with van der Waals surface area (Å²) in [5.41, 5.74) is 0.363. The van der Waals surface area contributed by atoms with Crippen molar-refractivity contribution in [2.45, 2.75) is 18.9 Å². The quantitative estimate of drug-likeness (QED) is 0.893. The van der Waals surface area contributed by atoms with Crippen molar-refractivity contribution in [3.05, 3.63) is 34.9 Å². The van der Waals surface area contributed by atoms with E-state index in [1.807, 2.05) is 0 Å². The second kappa shape index (κ2) is 4.75. The van der Waals surface area contributed by atoms with Crippen LogP contribution in [0.25, 0.3) is 0 Å². The fraction of sp³-hybridized carbons (Fsp3) is 0.333. The molecular weight excluding hydrogens is 242 g/mol. The minimum absolute atomic E-state index is 0.0508. The van der Waals surface area contributed by atoms with Crippen molar-refractivity contribution >= 4 is 23.5 Å². The van der Waals surface area contributed by atoms with Crippen molar-refractivity contribution in [2.75, 3.05) is 6.54 Å². The number of aliphatic carboxylic acids is 1. The number of benzene rings is 1. The molecular formula is C12H12ClNO3. The molecule has 1 aliphatic rings. The first-order valence-electron chi connectivity index (χ1n) is 5.37. The van der Waals surface area contributed by atoms with Gasteiger partial charge in [0.25, 0.3) is 5.91 Å². The zero-order valence-corrected chi connectivity index (χ0v) is 9.85. The van der Waals surface area contributed by atoms with Gasteiger partial charge in [0.05, 0.1) is 10.6 Å². The molecule has 0 aliphatic heterocycles. The molecule has 1 fully saturated rings. The van der Waals surface area contributed by atoms with Crippen LogP contribution in [0.3, 0.4) is 0 Å². The van der Waals surface area contributed by atoms with Crippen LogP contribution >= 0.6 is 11.6 Å². The molecule has 0 unspecified atom stereocenters. The van der Waals surface area contributed by atoms with Gasteiger partial charge in [-0.2, -0.15) is 0 Å². The van der Waals surface area contributed by atoms with Crippen molar-refractivity contribution in [2.24, 2.45) is 0 Å². The molecule has 1 N–H and O–H groups in total. The average molecular weight is 254 g/mol. The highest BCUT2D eigenvalue weighted by atomic mass is 35.5. The highest BCUT2D eigenvalue weighted by molar-refractivity contribution is 6.33. The molecule has 1 aromatic rings. The van der Waals surface area contributed by atoms with Gasteiger partial charge in [-0.05, 0) is 25.0 Å². The number of rotatable bonds is 4. The standard InChI is InChI=1S/C12H12ClNO3/c13-10-4-2-1-3-9(10)12(17)14(7-11(15)16)8-5-6-8/h1-4,8H,5-7H2,(H,15,16). The third kappa shape index (κ3) is 2.77. The van der Waals surface area contributed by atoms with Crippen molar-refractivity contribution < 1.29 is 14.7 Å². The van der Waals surface area contributed by atoms with E-state index in [4.69, 9.17) is 16.7 Å². The van der Waals surface area contributed by atoms with Gasteiger partial charge >= 0.3 is 5.97 Å². The third-order valence-corrected chi connectivity index (χ3v) is 2.99. The monoisotopic (exact) mass is 253 g/mol. The number of hydrogen-bond donors (Lipinski definition) is 1. The van der Waals surface area contributed by atoms with Gasteiger partial charge in [-0.3, -0.25) is 9.59 Å². The van der Waals surface area contributed by atoms with Gasteiger partial charge in [-0.25, -0.2) is 0 Å². The first kappa shape index (κ1) is 11.9. The van der Waals surface area contributed by atoms with Gasteiger partial charge in [0.1, 0.15) is 6.54 Å². The van der Waals surface area contributed by atoms with E-state index < -0.39 is 5.97 Å². The molecule has 1 aliphatic carbocycles.